The quantitative estimate of drug-likeness (QED) is 0.815. The largest absolute Gasteiger partial charge is 0.399 e. The second kappa shape index (κ2) is 6.81. The highest BCUT2D eigenvalue weighted by molar-refractivity contribution is 5.85. The minimum Gasteiger partial charge on any atom is -0.399 e. The van der Waals surface area contributed by atoms with E-state index in [1.165, 1.54) is 5.56 Å². The Hall–Kier alpha value is -1.67. The highest BCUT2D eigenvalue weighted by Crippen LogP contribution is 2.11. The standard InChI is InChI=1S/C14H16N2.ClH/c15-14-9-5-4-6-12(14)10-11-16-13-7-2-1-3-8-13;/h1-9,16H,10-11,15H2;1H. The zero-order valence-corrected chi connectivity index (χ0v) is 10.4. The van der Waals surface area contributed by atoms with Crippen LogP contribution in [0.5, 0.6) is 0 Å². The number of halogens is 1. The monoisotopic (exact) mass is 248 g/mol. The SMILES string of the molecule is Cl.Nc1ccccc1CCNc1ccccc1. The molecule has 0 atom stereocenters. The number of para-hydroxylation sites is 2. The molecule has 2 nitrogen and oxygen atoms in total. The molecule has 0 aromatic heterocycles. The molecule has 2 rings (SSSR count). The molecule has 0 aliphatic heterocycles. The average molecular weight is 249 g/mol. The number of hydrogen-bond acceptors (Lipinski definition) is 2. The zero-order valence-electron chi connectivity index (χ0n) is 9.60. The molecule has 3 heteroatoms. The Bertz CT molecular complexity index is 443. The van der Waals surface area contributed by atoms with Gasteiger partial charge >= 0.3 is 0 Å². The van der Waals surface area contributed by atoms with E-state index in [-0.39, 0.29) is 12.4 Å². The molecule has 0 saturated heterocycles. The van der Waals surface area contributed by atoms with E-state index < -0.39 is 0 Å². The number of anilines is 2. The van der Waals surface area contributed by atoms with Gasteiger partial charge in [-0.15, -0.1) is 12.4 Å². The minimum absolute atomic E-state index is 0. The van der Waals surface area contributed by atoms with Crippen LogP contribution in [0.15, 0.2) is 54.6 Å². The minimum atomic E-state index is 0. The summed E-state index contributed by atoms with van der Waals surface area (Å²) < 4.78 is 0. The van der Waals surface area contributed by atoms with E-state index in [4.69, 9.17) is 5.73 Å². The van der Waals surface area contributed by atoms with Crippen LogP contribution in [0, 0.1) is 0 Å². The molecule has 0 aliphatic carbocycles. The van der Waals surface area contributed by atoms with Gasteiger partial charge in [-0.1, -0.05) is 36.4 Å². The van der Waals surface area contributed by atoms with Crippen molar-refractivity contribution in [2.24, 2.45) is 0 Å². The molecule has 0 aliphatic rings. The molecule has 2 aromatic carbocycles. The van der Waals surface area contributed by atoms with E-state index in [0.29, 0.717) is 0 Å². The fraction of sp³-hybridized carbons (Fsp3) is 0.143. The van der Waals surface area contributed by atoms with Gasteiger partial charge in [0.25, 0.3) is 0 Å². The van der Waals surface area contributed by atoms with Crippen LogP contribution in [0.25, 0.3) is 0 Å². The number of benzene rings is 2. The van der Waals surface area contributed by atoms with Gasteiger partial charge in [0, 0.05) is 17.9 Å². The number of rotatable bonds is 4. The third kappa shape index (κ3) is 4.00. The van der Waals surface area contributed by atoms with E-state index in [0.717, 1.165) is 24.3 Å². The van der Waals surface area contributed by atoms with Crippen LogP contribution < -0.4 is 11.1 Å². The molecular formula is C14H17ClN2. The van der Waals surface area contributed by atoms with Crippen LogP contribution in [0.4, 0.5) is 11.4 Å². The van der Waals surface area contributed by atoms with Crippen LogP contribution in [0.3, 0.4) is 0 Å². The fourth-order valence-electron chi connectivity index (χ4n) is 1.66. The first-order valence-corrected chi connectivity index (χ1v) is 5.48. The second-order valence-corrected chi connectivity index (χ2v) is 3.74. The van der Waals surface area contributed by atoms with Gasteiger partial charge in [-0.25, -0.2) is 0 Å². The van der Waals surface area contributed by atoms with Gasteiger partial charge < -0.3 is 11.1 Å². The summed E-state index contributed by atoms with van der Waals surface area (Å²) in [6.07, 6.45) is 0.946. The molecule has 90 valence electrons. The van der Waals surface area contributed by atoms with E-state index in [9.17, 15) is 0 Å². The van der Waals surface area contributed by atoms with Gasteiger partial charge in [0.1, 0.15) is 0 Å². The predicted octanol–water partition coefficient (Wildman–Crippen LogP) is 3.35. The predicted molar refractivity (Wildman–Crippen MR) is 76.7 cm³/mol. The number of nitrogens with two attached hydrogens (primary N) is 1. The first-order chi connectivity index (χ1) is 7.86. The van der Waals surface area contributed by atoms with Gasteiger partial charge in [0.15, 0.2) is 0 Å². The molecule has 3 N–H and O–H groups in total. The summed E-state index contributed by atoms with van der Waals surface area (Å²) in [4.78, 5) is 0. The van der Waals surface area contributed by atoms with Gasteiger partial charge in [-0.05, 0) is 30.2 Å². The molecule has 2 aromatic rings. The topological polar surface area (TPSA) is 38.0 Å². The number of nitrogen functional groups attached to an aromatic ring is 1. The third-order valence-electron chi connectivity index (χ3n) is 2.55. The second-order valence-electron chi connectivity index (χ2n) is 3.74. The Morgan fingerprint density at radius 3 is 2.24 bits per heavy atom. The zero-order chi connectivity index (χ0) is 11.2. The van der Waals surface area contributed by atoms with E-state index in [2.05, 4.69) is 23.5 Å². The van der Waals surface area contributed by atoms with Gasteiger partial charge in [-0.2, -0.15) is 0 Å². The molecule has 0 unspecified atom stereocenters. The summed E-state index contributed by atoms with van der Waals surface area (Å²) >= 11 is 0. The molecule has 0 amide bonds. The molecule has 0 heterocycles. The molecule has 17 heavy (non-hydrogen) atoms. The summed E-state index contributed by atoms with van der Waals surface area (Å²) in [5.41, 5.74) is 9.09. The summed E-state index contributed by atoms with van der Waals surface area (Å²) in [7, 11) is 0. The maximum absolute atomic E-state index is 5.87. The van der Waals surface area contributed by atoms with Crippen molar-refractivity contribution < 1.29 is 0 Å². The van der Waals surface area contributed by atoms with Crippen LogP contribution >= 0.6 is 12.4 Å². The Labute approximate surface area is 108 Å². The number of nitrogens with one attached hydrogen (secondary N) is 1. The van der Waals surface area contributed by atoms with Gasteiger partial charge in [0.05, 0.1) is 0 Å². The molecule has 0 saturated carbocycles. The van der Waals surface area contributed by atoms with Crippen LogP contribution in [0.1, 0.15) is 5.56 Å². The van der Waals surface area contributed by atoms with E-state index >= 15 is 0 Å². The molecular weight excluding hydrogens is 232 g/mol. The molecule has 0 fully saturated rings. The lowest BCUT2D eigenvalue weighted by Gasteiger charge is -2.07. The van der Waals surface area contributed by atoms with Gasteiger partial charge in [0.2, 0.25) is 0 Å². The van der Waals surface area contributed by atoms with Gasteiger partial charge in [-0.3, -0.25) is 0 Å². The normalized spacial score (nSPS) is 9.41. The van der Waals surface area contributed by atoms with Crippen molar-refractivity contribution in [1.82, 2.24) is 0 Å². The Balaban J connectivity index is 0.00000144. The van der Waals surface area contributed by atoms with Crippen LogP contribution in [0.2, 0.25) is 0 Å². The molecule has 0 bridgehead atoms. The van der Waals surface area contributed by atoms with Crippen molar-refractivity contribution >= 4 is 23.8 Å². The maximum atomic E-state index is 5.87. The highest BCUT2D eigenvalue weighted by Gasteiger charge is 1.97. The van der Waals surface area contributed by atoms with Crippen molar-refractivity contribution in [2.75, 3.05) is 17.6 Å². The lowest BCUT2D eigenvalue weighted by molar-refractivity contribution is 1.02. The average Bonchev–Trinajstić information content (AvgIpc) is 2.33. The van der Waals surface area contributed by atoms with E-state index in [1.807, 2.05) is 36.4 Å². The first kappa shape index (κ1) is 13.4. The Morgan fingerprint density at radius 2 is 1.53 bits per heavy atom. The maximum Gasteiger partial charge on any atom is 0.0347 e. The molecule has 0 spiro atoms. The summed E-state index contributed by atoms with van der Waals surface area (Å²) in [5, 5.41) is 3.36. The van der Waals surface area contributed by atoms with Crippen molar-refractivity contribution in [3.05, 3.63) is 60.2 Å². The smallest absolute Gasteiger partial charge is 0.0347 e. The Kier molecular flexibility index (Phi) is 5.37. The van der Waals surface area contributed by atoms with Crippen molar-refractivity contribution in [3.8, 4) is 0 Å². The fourth-order valence-corrected chi connectivity index (χ4v) is 1.66. The van der Waals surface area contributed by atoms with Crippen molar-refractivity contribution in [1.29, 1.82) is 0 Å². The number of hydrogen-bond donors (Lipinski definition) is 2. The highest BCUT2D eigenvalue weighted by atomic mass is 35.5. The lowest BCUT2D eigenvalue weighted by atomic mass is 10.1. The third-order valence-corrected chi connectivity index (χ3v) is 2.55. The van der Waals surface area contributed by atoms with Crippen molar-refractivity contribution in [3.63, 3.8) is 0 Å². The summed E-state index contributed by atoms with van der Waals surface area (Å²) in [6.45, 7) is 0.901. The summed E-state index contributed by atoms with van der Waals surface area (Å²) in [6, 6.07) is 18.2. The van der Waals surface area contributed by atoms with Crippen LogP contribution in [-0.4, -0.2) is 6.54 Å². The first-order valence-electron chi connectivity index (χ1n) is 5.48. The molecule has 0 radical (unpaired) electrons. The lowest BCUT2D eigenvalue weighted by Crippen LogP contribution is -2.06. The Morgan fingerprint density at radius 1 is 0.882 bits per heavy atom. The van der Waals surface area contributed by atoms with E-state index in [1.54, 1.807) is 0 Å². The van der Waals surface area contributed by atoms with Crippen LogP contribution in [-0.2, 0) is 6.42 Å². The summed E-state index contributed by atoms with van der Waals surface area (Å²) in [5.74, 6) is 0. The van der Waals surface area contributed by atoms with Crippen molar-refractivity contribution in [2.45, 2.75) is 6.42 Å².